The molecule has 0 spiro atoms. The lowest BCUT2D eigenvalue weighted by Crippen LogP contribution is -2.63. The van der Waals surface area contributed by atoms with Crippen LogP contribution in [0.15, 0.2) is 35.9 Å². The Morgan fingerprint density at radius 3 is 2.58 bits per heavy atom. The number of rotatable bonds is 2. The van der Waals surface area contributed by atoms with E-state index in [2.05, 4.69) is 5.32 Å². The third kappa shape index (κ3) is 5.59. The van der Waals surface area contributed by atoms with Crippen molar-refractivity contribution in [3.05, 3.63) is 46.5 Å². The summed E-state index contributed by atoms with van der Waals surface area (Å²) in [7, 11) is 4.36. The topological polar surface area (TPSA) is 150 Å². The molecule has 0 aliphatic carbocycles. The Morgan fingerprint density at radius 1 is 1.23 bits per heavy atom. The molecule has 4 bridgehead atoms. The lowest BCUT2D eigenvalue weighted by molar-refractivity contribution is -0.142. The Morgan fingerprint density at radius 2 is 1.93 bits per heavy atom. The van der Waals surface area contributed by atoms with Crippen molar-refractivity contribution in [2.24, 2.45) is 5.92 Å². The summed E-state index contributed by atoms with van der Waals surface area (Å²) in [6, 6.07) is 3.17. The molecule has 4 rings (SSSR count). The van der Waals surface area contributed by atoms with Crippen LogP contribution in [0.5, 0.6) is 5.75 Å². The second-order valence-corrected chi connectivity index (χ2v) is 11.2. The number of hydrogen-bond acceptors (Lipinski definition) is 9. The lowest BCUT2D eigenvalue weighted by atomic mass is 9.84. The number of aliphatic hydroxyl groups is 3. The second-order valence-electron chi connectivity index (χ2n) is 10.9. The molecule has 11 nitrogen and oxygen atoms in total. The molecule has 1 aromatic rings. The zero-order valence-electron chi connectivity index (χ0n) is 23.4. The lowest BCUT2D eigenvalue weighted by Gasteiger charge is -2.42. The van der Waals surface area contributed by atoms with E-state index in [1.807, 2.05) is 0 Å². The van der Waals surface area contributed by atoms with Gasteiger partial charge in [-0.25, -0.2) is 4.79 Å². The van der Waals surface area contributed by atoms with Crippen molar-refractivity contribution in [3.8, 4) is 5.75 Å². The number of carbonyl (C=O) groups excluding carboxylic acids is 2. The molecule has 0 saturated carbocycles. The van der Waals surface area contributed by atoms with Crippen LogP contribution in [0.25, 0.3) is 0 Å². The summed E-state index contributed by atoms with van der Waals surface area (Å²) in [5.41, 5.74) is -1.64. The van der Waals surface area contributed by atoms with Crippen LogP contribution in [-0.2, 0) is 19.0 Å². The van der Waals surface area contributed by atoms with Crippen LogP contribution in [0.4, 0.5) is 10.5 Å². The fraction of sp³-hybridized carbons (Fsp3) is 0.571. The van der Waals surface area contributed by atoms with Gasteiger partial charge in [0.2, 0.25) is 5.91 Å². The standard InChI is InChI=1S/C28H37ClN2O9/c1-14-8-7-9-21(38-6)28(36)13-19(39-26(35)30-28)15(2)25-27(3,40-25)20(32)12-22(33)31(4)17-10-16(24(14)34)11-18(37-5)23(17)29/h7-11,15,19-21,24-25,32,34,36H,12-13H2,1-6H3,(H,30,35)/b9-7-,14-8-/t15-,19+,20?,21-,24-,25+,27+,28+/m1/s1. The number of ether oxygens (including phenoxy) is 4. The first kappa shape index (κ1) is 30.3. The van der Waals surface area contributed by atoms with Crippen molar-refractivity contribution in [3.63, 3.8) is 0 Å². The summed E-state index contributed by atoms with van der Waals surface area (Å²) >= 11 is 6.55. The smallest absolute Gasteiger partial charge is 0.409 e. The number of epoxide rings is 1. The third-order valence-electron chi connectivity index (χ3n) is 8.19. The maximum Gasteiger partial charge on any atom is 0.409 e. The zero-order chi connectivity index (χ0) is 29.6. The van der Waals surface area contributed by atoms with Gasteiger partial charge < -0.3 is 39.2 Å². The predicted octanol–water partition coefficient (Wildman–Crippen LogP) is 2.61. The highest BCUT2D eigenvalue weighted by Gasteiger charge is 2.62. The molecule has 3 heterocycles. The van der Waals surface area contributed by atoms with E-state index in [9.17, 15) is 24.9 Å². The molecule has 1 unspecified atom stereocenters. The fourth-order valence-electron chi connectivity index (χ4n) is 5.44. The van der Waals surface area contributed by atoms with Crippen LogP contribution >= 0.6 is 11.6 Å². The van der Waals surface area contributed by atoms with E-state index in [0.717, 1.165) is 0 Å². The van der Waals surface area contributed by atoms with Crippen molar-refractivity contribution >= 4 is 29.3 Å². The molecule has 2 amide bonds. The molecule has 3 aliphatic heterocycles. The molecular formula is C28H37ClN2O9. The maximum absolute atomic E-state index is 13.3. The van der Waals surface area contributed by atoms with Crippen LogP contribution < -0.4 is 15.0 Å². The van der Waals surface area contributed by atoms with Crippen molar-refractivity contribution in [2.75, 3.05) is 26.2 Å². The molecule has 0 radical (unpaired) electrons. The molecule has 0 aromatic heterocycles. The van der Waals surface area contributed by atoms with E-state index in [-0.39, 0.29) is 23.6 Å². The first-order valence-electron chi connectivity index (χ1n) is 13.0. The summed E-state index contributed by atoms with van der Waals surface area (Å²) < 4.78 is 22.3. The Bertz CT molecular complexity index is 1220. The SMILES string of the molecule is COc1cc2cc(c1Cl)N(C)C(=O)CC(O)[C@]1(C)O[C@H]1[C@H](C)[C@@H]1C[C@@](O)(NC(=O)O1)[C@H](OC)/C=C\C=C(\C)[C@H]2O. The normalized spacial score (nSPS) is 38.9. The fourth-order valence-corrected chi connectivity index (χ4v) is 5.76. The van der Waals surface area contributed by atoms with Crippen molar-refractivity contribution < 1.29 is 43.9 Å². The van der Waals surface area contributed by atoms with Gasteiger partial charge >= 0.3 is 6.09 Å². The summed E-state index contributed by atoms with van der Waals surface area (Å²) in [6.07, 6.45) is -0.862. The van der Waals surface area contributed by atoms with Gasteiger partial charge in [-0.05, 0) is 37.1 Å². The van der Waals surface area contributed by atoms with E-state index in [4.69, 9.17) is 30.5 Å². The van der Waals surface area contributed by atoms with E-state index < -0.39 is 59.8 Å². The van der Waals surface area contributed by atoms with E-state index in [0.29, 0.717) is 16.8 Å². The molecule has 12 heteroatoms. The summed E-state index contributed by atoms with van der Waals surface area (Å²) in [4.78, 5) is 27.1. The van der Waals surface area contributed by atoms with E-state index in [1.165, 1.54) is 26.2 Å². The van der Waals surface area contributed by atoms with Crippen LogP contribution in [0.2, 0.25) is 5.02 Å². The van der Waals surface area contributed by atoms with Gasteiger partial charge in [-0.1, -0.05) is 36.8 Å². The minimum Gasteiger partial charge on any atom is -0.495 e. The van der Waals surface area contributed by atoms with Crippen molar-refractivity contribution in [1.82, 2.24) is 5.32 Å². The molecule has 2 fully saturated rings. The average Bonchev–Trinajstić information content (AvgIpc) is 3.61. The van der Waals surface area contributed by atoms with E-state index in [1.54, 1.807) is 51.1 Å². The van der Waals surface area contributed by atoms with E-state index >= 15 is 0 Å². The second kappa shape index (κ2) is 11.3. The number of methoxy groups -OCH3 is 2. The maximum atomic E-state index is 13.3. The Balaban J connectivity index is 1.78. The predicted molar refractivity (Wildman–Crippen MR) is 146 cm³/mol. The summed E-state index contributed by atoms with van der Waals surface area (Å²) in [5, 5.41) is 36.2. The van der Waals surface area contributed by atoms with Gasteiger partial charge in [0.25, 0.3) is 0 Å². The molecule has 40 heavy (non-hydrogen) atoms. The minimum atomic E-state index is -1.80. The van der Waals surface area contributed by atoms with Crippen molar-refractivity contribution in [1.29, 1.82) is 0 Å². The third-order valence-corrected chi connectivity index (χ3v) is 8.57. The van der Waals surface area contributed by atoms with Crippen molar-refractivity contribution in [2.45, 2.75) is 75.5 Å². The van der Waals surface area contributed by atoms with Crippen LogP contribution in [-0.4, -0.2) is 84.3 Å². The number of anilines is 1. The molecule has 1 aromatic carbocycles. The molecule has 4 N–H and O–H groups in total. The minimum absolute atomic E-state index is 0.0219. The summed E-state index contributed by atoms with van der Waals surface area (Å²) in [5.74, 6) is -0.607. The van der Waals surface area contributed by atoms with Gasteiger partial charge in [0, 0.05) is 26.5 Å². The number of aliphatic hydroxyl groups excluding tert-OH is 2. The van der Waals surface area contributed by atoms with Gasteiger partial charge in [-0.2, -0.15) is 0 Å². The van der Waals surface area contributed by atoms with Gasteiger partial charge in [0.05, 0.1) is 31.4 Å². The van der Waals surface area contributed by atoms with Gasteiger partial charge in [0.1, 0.15) is 34.7 Å². The Kier molecular flexibility index (Phi) is 8.56. The average molecular weight is 581 g/mol. The number of nitrogens with zero attached hydrogens (tertiary/aromatic N) is 1. The van der Waals surface area contributed by atoms with Gasteiger partial charge in [0.15, 0.2) is 5.72 Å². The molecule has 3 aliphatic rings. The monoisotopic (exact) mass is 580 g/mol. The number of halogens is 1. The first-order valence-corrected chi connectivity index (χ1v) is 13.4. The highest BCUT2D eigenvalue weighted by molar-refractivity contribution is 6.35. The number of alkyl carbamates (subject to hydrolysis) is 1. The highest BCUT2D eigenvalue weighted by atomic mass is 35.5. The molecule has 2 saturated heterocycles. The largest absolute Gasteiger partial charge is 0.495 e. The number of hydrogen-bond donors (Lipinski definition) is 4. The van der Waals surface area contributed by atoms with Crippen LogP contribution in [0, 0.1) is 5.92 Å². The number of nitrogens with one attached hydrogen (secondary N) is 1. The Labute approximate surface area is 238 Å². The quantitative estimate of drug-likeness (QED) is 0.387. The Hall–Kier alpha value is -2.67. The number of amides is 2. The summed E-state index contributed by atoms with van der Waals surface area (Å²) in [6.45, 7) is 5.19. The number of benzene rings is 1. The van der Waals surface area contributed by atoms with Crippen LogP contribution in [0.1, 0.15) is 45.3 Å². The molecule has 220 valence electrons. The van der Waals surface area contributed by atoms with Crippen LogP contribution in [0.3, 0.4) is 0 Å². The first-order chi connectivity index (χ1) is 18.8. The number of allylic oxidation sites excluding steroid dienone is 2. The number of fused-ring (bicyclic) bond motifs is 5. The van der Waals surface area contributed by atoms with Gasteiger partial charge in [-0.3, -0.25) is 10.1 Å². The number of carbonyl (C=O) groups is 2. The highest BCUT2D eigenvalue weighted by Crippen LogP contribution is 2.48. The molecule has 8 atom stereocenters. The van der Waals surface area contributed by atoms with Gasteiger partial charge in [-0.15, -0.1) is 0 Å². The molecular weight excluding hydrogens is 544 g/mol. The zero-order valence-corrected chi connectivity index (χ0v) is 24.1.